The monoisotopic (exact) mass is 380 g/mol. The summed E-state index contributed by atoms with van der Waals surface area (Å²) in [5.41, 5.74) is 1.65. The second-order valence-corrected chi connectivity index (χ2v) is 14.9. The van der Waals surface area contributed by atoms with Crippen molar-refractivity contribution in [1.29, 1.82) is 0 Å². The molecule has 2 aliphatic rings. The maximum absolute atomic E-state index is 12.0. The summed E-state index contributed by atoms with van der Waals surface area (Å²) in [5, 5.41) is 0.243. The van der Waals surface area contributed by atoms with Crippen molar-refractivity contribution in [2.45, 2.75) is 97.9 Å². The molecule has 0 saturated heterocycles. The molecule has 4 atom stereocenters. The standard InChI is InChI=1S/C22H40O3Si/c1-9-24-20(23)15-16(2)17-12-13-18-19(11-10-14-22(17,18)6)25-26(7,8)21(3,4)5/h12,16,18-19H,9-11,13-15H2,1-8H3/t16-,18-,19?,22+/m0/s1. The SMILES string of the molecule is CCOC(=O)C[C@H](C)C1=CC[C@H]2C(O[Si](C)(C)C(C)(C)C)CCC[C@]12C. The highest BCUT2D eigenvalue weighted by molar-refractivity contribution is 6.74. The largest absolute Gasteiger partial charge is 0.466 e. The van der Waals surface area contributed by atoms with Gasteiger partial charge in [0, 0.05) is 6.10 Å². The van der Waals surface area contributed by atoms with Crippen molar-refractivity contribution < 1.29 is 14.0 Å². The molecule has 1 unspecified atom stereocenters. The quantitative estimate of drug-likeness (QED) is 0.317. The van der Waals surface area contributed by atoms with Crippen molar-refractivity contribution in [2.24, 2.45) is 17.3 Å². The summed E-state index contributed by atoms with van der Waals surface area (Å²) in [6.07, 6.45) is 7.98. The number of fused-ring (bicyclic) bond motifs is 1. The Kier molecular flexibility index (Phi) is 6.49. The van der Waals surface area contributed by atoms with Crippen molar-refractivity contribution >= 4 is 14.3 Å². The average molecular weight is 381 g/mol. The second kappa shape index (κ2) is 7.79. The number of hydrogen-bond acceptors (Lipinski definition) is 3. The van der Waals surface area contributed by atoms with Crippen LogP contribution >= 0.6 is 0 Å². The Hall–Kier alpha value is -0.613. The number of esters is 1. The van der Waals surface area contributed by atoms with Gasteiger partial charge in [-0.05, 0) is 61.6 Å². The Labute approximate surface area is 162 Å². The van der Waals surface area contributed by atoms with Gasteiger partial charge in [-0.2, -0.15) is 0 Å². The van der Waals surface area contributed by atoms with Crippen LogP contribution < -0.4 is 0 Å². The highest BCUT2D eigenvalue weighted by atomic mass is 28.4. The van der Waals surface area contributed by atoms with Gasteiger partial charge in [-0.25, -0.2) is 0 Å². The van der Waals surface area contributed by atoms with Gasteiger partial charge < -0.3 is 9.16 Å². The van der Waals surface area contributed by atoms with E-state index in [0.717, 1.165) is 6.42 Å². The van der Waals surface area contributed by atoms with Gasteiger partial charge in [0.15, 0.2) is 8.32 Å². The Balaban J connectivity index is 2.13. The van der Waals surface area contributed by atoms with Gasteiger partial charge in [-0.1, -0.05) is 52.7 Å². The molecule has 150 valence electrons. The molecular formula is C22H40O3Si. The first-order chi connectivity index (χ1) is 11.9. The second-order valence-electron chi connectivity index (χ2n) is 10.1. The number of rotatable bonds is 6. The molecule has 2 aliphatic carbocycles. The smallest absolute Gasteiger partial charge is 0.306 e. The highest BCUT2D eigenvalue weighted by Gasteiger charge is 2.51. The molecule has 0 aromatic carbocycles. The minimum absolute atomic E-state index is 0.0715. The van der Waals surface area contributed by atoms with Crippen LogP contribution in [0.3, 0.4) is 0 Å². The van der Waals surface area contributed by atoms with Gasteiger partial charge in [0.05, 0.1) is 13.0 Å². The summed E-state index contributed by atoms with van der Waals surface area (Å²) in [7, 11) is -1.77. The van der Waals surface area contributed by atoms with Crippen molar-refractivity contribution in [3.05, 3.63) is 11.6 Å². The summed E-state index contributed by atoms with van der Waals surface area (Å²) >= 11 is 0. The molecule has 0 radical (unpaired) electrons. The zero-order valence-electron chi connectivity index (χ0n) is 18.3. The third kappa shape index (κ3) is 4.27. The van der Waals surface area contributed by atoms with E-state index in [-0.39, 0.29) is 22.3 Å². The van der Waals surface area contributed by atoms with Crippen LogP contribution in [0.2, 0.25) is 18.1 Å². The molecule has 0 amide bonds. The van der Waals surface area contributed by atoms with E-state index in [1.165, 1.54) is 24.8 Å². The Morgan fingerprint density at radius 2 is 2.04 bits per heavy atom. The van der Waals surface area contributed by atoms with E-state index in [1.54, 1.807) is 0 Å². The van der Waals surface area contributed by atoms with E-state index in [2.05, 4.69) is 53.8 Å². The fourth-order valence-corrected chi connectivity index (χ4v) is 6.16. The van der Waals surface area contributed by atoms with Gasteiger partial charge in [0.25, 0.3) is 0 Å². The maximum Gasteiger partial charge on any atom is 0.306 e. The zero-order valence-corrected chi connectivity index (χ0v) is 19.3. The van der Waals surface area contributed by atoms with Crippen LogP contribution in [-0.4, -0.2) is 27.0 Å². The third-order valence-electron chi connectivity index (χ3n) is 7.26. The van der Waals surface area contributed by atoms with Crippen LogP contribution in [0, 0.1) is 17.3 Å². The summed E-state index contributed by atoms with van der Waals surface area (Å²) in [6.45, 7) is 18.6. The summed E-state index contributed by atoms with van der Waals surface area (Å²) in [5.74, 6) is 0.749. The first kappa shape index (κ1) is 21.7. The molecule has 0 aliphatic heterocycles. The fourth-order valence-electron chi connectivity index (χ4n) is 4.76. The van der Waals surface area contributed by atoms with Crippen LogP contribution in [0.15, 0.2) is 11.6 Å². The van der Waals surface area contributed by atoms with E-state index >= 15 is 0 Å². The van der Waals surface area contributed by atoms with Gasteiger partial charge in [0.1, 0.15) is 0 Å². The van der Waals surface area contributed by atoms with Crippen molar-refractivity contribution in [3.8, 4) is 0 Å². The lowest BCUT2D eigenvalue weighted by Crippen LogP contribution is -2.49. The van der Waals surface area contributed by atoms with Gasteiger partial charge in [0.2, 0.25) is 0 Å². The number of hydrogen-bond donors (Lipinski definition) is 0. The number of allylic oxidation sites excluding steroid dienone is 2. The summed E-state index contributed by atoms with van der Waals surface area (Å²) in [6, 6.07) is 0. The summed E-state index contributed by atoms with van der Waals surface area (Å²) < 4.78 is 12.1. The van der Waals surface area contributed by atoms with Crippen molar-refractivity contribution in [3.63, 3.8) is 0 Å². The lowest BCUT2D eigenvalue weighted by atomic mass is 9.63. The minimum atomic E-state index is -1.77. The van der Waals surface area contributed by atoms with Gasteiger partial charge >= 0.3 is 5.97 Å². The molecule has 0 aromatic heterocycles. The van der Waals surface area contributed by atoms with Gasteiger partial charge in [-0.15, -0.1) is 0 Å². The predicted molar refractivity (Wildman–Crippen MR) is 111 cm³/mol. The highest BCUT2D eigenvalue weighted by Crippen LogP contribution is 2.56. The van der Waals surface area contributed by atoms with Crippen LogP contribution in [0.5, 0.6) is 0 Å². The Morgan fingerprint density at radius 1 is 1.38 bits per heavy atom. The Morgan fingerprint density at radius 3 is 2.62 bits per heavy atom. The first-order valence-electron chi connectivity index (χ1n) is 10.5. The molecule has 0 aromatic rings. The first-order valence-corrected chi connectivity index (χ1v) is 13.4. The molecule has 3 nitrogen and oxygen atoms in total. The minimum Gasteiger partial charge on any atom is -0.466 e. The molecule has 1 saturated carbocycles. The van der Waals surface area contributed by atoms with Gasteiger partial charge in [-0.3, -0.25) is 4.79 Å². The third-order valence-corrected chi connectivity index (χ3v) is 11.8. The Bertz CT molecular complexity index is 546. The molecule has 0 bridgehead atoms. The number of carbonyl (C=O) groups excluding carboxylic acids is 1. The van der Waals surface area contributed by atoms with Crippen molar-refractivity contribution in [1.82, 2.24) is 0 Å². The van der Waals surface area contributed by atoms with E-state index in [4.69, 9.17) is 9.16 Å². The van der Waals surface area contributed by atoms with Crippen LogP contribution in [0.4, 0.5) is 0 Å². The van der Waals surface area contributed by atoms with Crippen LogP contribution in [0.25, 0.3) is 0 Å². The van der Waals surface area contributed by atoms with E-state index < -0.39 is 8.32 Å². The molecule has 4 heteroatoms. The molecular weight excluding hydrogens is 340 g/mol. The predicted octanol–water partition coefficient (Wildman–Crippen LogP) is 6.10. The normalized spacial score (nSPS) is 30.5. The zero-order chi connectivity index (χ0) is 19.8. The van der Waals surface area contributed by atoms with Crippen LogP contribution in [0.1, 0.15) is 73.6 Å². The fraction of sp³-hybridized carbons (Fsp3) is 0.864. The molecule has 26 heavy (non-hydrogen) atoms. The van der Waals surface area contributed by atoms with Crippen LogP contribution in [-0.2, 0) is 14.0 Å². The molecule has 1 fully saturated rings. The summed E-state index contributed by atoms with van der Waals surface area (Å²) in [4.78, 5) is 12.0. The lowest BCUT2D eigenvalue weighted by Gasteiger charge is -2.49. The topological polar surface area (TPSA) is 35.5 Å². The van der Waals surface area contributed by atoms with Crippen molar-refractivity contribution in [2.75, 3.05) is 6.61 Å². The molecule has 0 heterocycles. The number of carbonyl (C=O) groups is 1. The molecule has 2 rings (SSSR count). The maximum atomic E-state index is 12.0. The molecule has 0 N–H and O–H groups in total. The number of ether oxygens (including phenoxy) is 1. The van der Waals surface area contributed by atoms with E-state index in [0.29, 0.717) is 25.0 Å². The average Bonchev–Trinajstić information content (AvgIpc) is 2.84. The lowest BCUT2D eigenvalue weighted by molar-refractivity contribution is -0.143. The van der Waals surface area contributed by atoms with E-state index in [1.807, 2.05) is 6.92 Å². The van der Waals surface area contributed by atoms with E-state index in [9.17, 15) is 4.79 Å². The molecule has 0 spiro atoms.